The van der Waals surface area contributed by atoms with Gasteiger partial charge in [-0.1, -0.05) is 45.9 Å². The molecular formula is C16H22N2O. The molecule has 0 spiro atoms. The number of fused-ring (bicyclic) bond motifs is 1. The molecule has 1 aromatic carbocycles. The van der Waals surface area contributed by atoms with Crippen LogP contribution in [0.2, 0.25) is 0 Å². The maximum Gasteiger partial charge on any atom is 0.257 e. The Hall–Kier alpha value is -1.77. The van der Waals surface area contributed by atoms with E-state index in [1.165, 1.54) is 0 Å². The summed E-state index contributed by atoms with van der Waals surface area (Å²) >= 11 is 0. The van der Waals surface area contributed by atoms with Gasteiger partial charge < -0.3 is 10.3 Å². The van der Waals surface area contributed by atoms with Crippen molar-refractivity contribution in [1.29, 1.82) is 0 Å². The predicted octanol–water partition coefficient (Wildman–Crippen LogP) is 3.62. The number of anilines is 1. The van der Waals surface area contributed by atoms with Crippen molar-refractivity contribution in [1.82, 2.24) is 4.98 Å². The molecule has 0 radical (unpaired) electrons. The topological polar surface area (TPSA) is 44.9 Å². The van der Waals surface area contributed by atoms with Crippen LogP contribution in [-0.4, -0.2) is 11.5 Å². The van der Waals surface area contributed by atoms with Gasteiger partial charge in [0.2, 0.25) is 0 Å². The molecule has 0 aliphatic carbocycles. The number of H-pyrrole nitrogens is 1. The molecule has 0 saturated carbocycles. The number of hydrogen-bond acceptors (Lipinski definition) is 2. The number of pyridine rings is 1. The fourth-order valence-corrected chi connectivity index (χ4v) is 1.83. The van der Waals surface area contributed by atoms with E-state index < -0.39 is 0 Å². The van der Waals surface area contributed by atoms with Crippen LogP contribution >= 0.6 is 0 Å². The Bertz CT molecular complexity index is 626. The lowest BCUT2D eigenvalue weighted by molar-refractivity contribution is 0.269. The van der Waals surface area contributed by atoms with Crippen LogP contribution in [0.15, 0.2) is 35.1 Å². The molecule has 1 heterocycles. The van der Waals surface area contributed by atoms with Crippen molar-refractivity contribution in [3.8, 4) is 0 Å². The van der Waals surface area contributed by atoms with Gasteiger partial charge in [0.1, 0.15) is 5.82 Å². The van der Waals surface area contributed by atoms with E-state index >= 15 is 0 Å². The van der Waals surface area contributed by atoms with E-state index in [0.717, 1.165) is 23.1 Å². The third kappa shape index (κ3) is 2.98. The van der Waals surface area contributed by atoms with Crippen molar-refractivity contribution in [2.45, 2.75) is 27.7 Å². The highest BCUT2D eigenvalue weighted by Crippen LogP contribution is 2.26. The zero-order chi connectivity index (χ0) is 14.0. The zero-order valence-corrected chi connectivity index (χ0v) is 12.1. The minimum Gasteiger partial charge on any atom is -0.371 e. The molecule has 3 nitrogen and oxygen atoms in total. The molecule has 0 saturated heterocycles. The fraction of sp³-hybridized carbons (Fsp3) is 0.438. The Morgan fingerprint density at radius 2 is 1.95 bits per heavy atom. The number of aromatic nitrogens is 1. The summed E-state index contributed by atoms with van der Waals surface area (Å²) in [5.41, 5.74) is 0.144. The molecule has 0 aliphatic heterocycles. The maximum atomic E-state index is 12.0. The second-order valence-electron chi connectivity index (χ2n) is 6.10. The summed E-state index contributed by atoms with van der Waals surface area (Å²) < 4.78 is 0. The first-order valence-corrected chi connectivity index (χ1v) is 6.76. The summed E-state index contributed by atoms with van der Waals surface area (Å²) in [6.07, 6.45) is 0. The Labute approximate surface area is 114 Å². The highest BCUT2D eigenvalue weighted by Gasteiger charge is 2.21. The van der Waals surface area contributed by atoms with Gasteiger partial charge in [-0.2, -0.15) is 0 Å². The Kier molecular flexibility index (Phi) is 3.65. The summed E-state index contributed by atoms with van der Waals surface area (Å²) in [6, 6.07) is 9.63. The van der Waals surface area contributed by atoms with Gasteiger partial charge in [0.25, 0.3) is 5.56 Å². The third-order valence-electron chi connectivity index (χ3n) is 4.05. The van der Waals surface area contributed by atoms with Crippen LogP contribution in [0.5, 0.6) is 0 Å². The lowest BCUT2D eigenvalue weighted by Gasteiger charge is -2.29. The number of rotatable bonds is 4. The summed E-state index contributed by atoms with van der Waals surface area (Å²) in [6.45, 7) is 9.71. The molecule has 0 amide bonds. The van der Waals surface area contributed by atoms with Crippen LogP contribution < -0.4 is 10.9 Å². The zero-order valence-electron chi connectivity index (χ0n) is 12.1. The van der Waals surface area contributed by atoms with Gasteiger partial charge in [-0.25, -0.2) is 0 Å². The molecule has 3 heteroatoms. The van der Waals surface area contributed by atoms with Gasteiger partial charge in [-0.3, -0.25) is 4.79 Å². The fourth-order valence-electron chi connectivity index (χ4n) is 1.83. The smallest absolute Gasteiger partial charge is 0.257 e. The molecule has 19 heavy (non-hydrogen) atoms. The van der Waals surface area contributed by atoms with Crippen LogP contribution in [-0.2, 0) is 0 Å². The lowest BCUT2D eigenvalue weighted by atomic mass is 9.81. The Morgan fingerprint density at radius 1 is 1.26 bits per heavy atom. The Morgan fingerprint density at radius 3 is 2.63 bits per heavy atom. The van der Waals surface area contributed by atoms with Gasteiger partial charge in [0.15, 0.2) is 0 Å². The van der Waals surface area contributed by atoms with Gasteiger partial charge >= 0.3 is 0 Å². The van der Waals surface area contributed by atoms with Crippen LogP contribution in [0.3, 0.4) is 0 Å². The Balaban J connectivity index is 2.25. The van der Waals surface area contributed by atoms with Gasteiger partial charge in [0, 0.05) is 11.9 Å². The average molecular weight is 258 g/mol. The summed E-state index contributed by atoms with van der Waals surface area (Å²) in [7, 11) is 0. The van der Waals surface area contributed by atoms with Crippen LogP contribution in [0.4, 0.5) is 5.82 Å². The minimum absolute atomic E-state index is 0.0389. The van der Waals surface area contributed by atoms with E-state index in [9.17, 15) is 4.79 Å². The second-order valence-corrected chi connectivity index (χ2v) is 6.10. The van der Waals surface area contributed by atoms with E-state index in [1.807, 2.05) is 30.3 Å². The number of aromatic amines is 1. The molecule has 0 bridgehead atoms. The summed E-state index contributed by atoms with van der Waals surface area (Å²) in [4.78, 5) is 14.9. The molecule has 2 rings (SSSR count). The molecule has 0 unspecified atom stereocenters. The van der Waals surface area contributed by atoms with E-state index in [1.54, 1.807) is 0 Å². The average Bonchev–Trinajstić information content (AvgIpc) is 2.36. The molecule has 0 fully saturated rings. The van der Waals surface area contributed by atoms with Crippen molar-refractivity contribution in [3.05, 3.63) is 40.7 Å². The summed E-state index contributed by atoms with van der Waals surface area (Å²) in [5, 5.41) is 5.04. The normalized spacial score (nSPS) is 12.1. The quantitative estimate of drug-likeness (QED) is 0.879. The number of nitrogens with one attached hydrogen (secondary N) is 2. The lowest BCUT2D eigenvalue weighted by Crippen LogP contribution is -2.29. The van der Waals surface area contributed by atoms with E-state index in [4.69, 9.17) is 0 Å². The van der Waals surface area contributed by atoms with Crippen molar-refractivity contribution in [2.75, 3.05) is 11.9 Å². The van der Waals surface area contributed by atoms with Crippen molar-refractivity contribution < 1.29 is 0 Å². The highest BCUT2D eigenvalue weighted by atomic mass is 16.1. The molecule has 1 aromatic heterocycles. The van der Waals surface area contributed by atoms with Crippen molar-refractivity contribution in [3.63, 3.8) is 0 Å². The maximum absolute atomic E-state index is 12.0. The number of benzene rings is 1. The molecule has 0 atom stereocenters. The van der Waals surface area contributed by atoms with Gasteiger partial charge in [-0.05, 0) is 28.9 Å². The first kappa shape index (κ1) is 13.7. The first-order chi connectivity index (χ1) is 8.90. The van der Waals surface area contributed by atoms with E-state index in [2.05, 4.69) is 38.0 Å². The second kappa shape index (κ2) is 5.08. The van der Waals surface area contributed by atoms with Crippen molar-refractivity contribution >= 4 is 16.6 Å². The molecule has 2 aromatic rings. The third-order valence-corrected chi connectivity index (χ3v) is 4.05. The van der Waals surface area contributed by atoms with Gasteiger partial charge in [-0.15, -0.1) is 0 Å². The van der Waals surface area contributed by atoms with Crippen LogP contribution in [0, 0.1) is 11.3 Å². The summed E-state index contributed by atoms with van der Waals surface area (Å²) in [5.74, 6) is 1.37. The van der Waals surface area contributed by atoms with E-state index in [0.29, 0.717) is 5.92 Å². The van der Waals surface area contributed by atoms with E-state index in [-0.39, 0.29) is 11.0 Å². The van der Waals surface area contributed by atoms with Crippen LogP contribution in [0.1, 0.15) is 27.7 Å². The monoisotopic (exact) mass is 258 g/mol. The molecule has 102 valence electrons. The standard InChI is InChI=1S/C16H22N2O/c1-11(2)16(3,4)10-17-14-9-12-7-5-6-8-13(12)15(19)18-14/h5-9,11H,10H2,1-4H3,(H2,17,18,19). The molecule has 2 N–H and O–H groups in total. The largest absolute Gasteiger partial charge is 0.371 e. The predicted molar refractivity (Wildman–Crippen MR) is 81.7 cm³/mol. The molecular weight excluding hydrogens is 236 g/mol. The van der Waals surface area contributed by atoms with Gasteiger partial charge in [0.05, 0.1) is 0 Å². The minimum atomic E-state index is -0.0389. The van der Waals surface area contributed by atoms with Crippen molar-refractivity contribution in [2.24, 2.45) is 11.3 Å². The molecule has 0 aliphatic rings. The SMILES string of the molecule is CC(C)C(C)(C)CNc1cc2ccccc2c(=O)[nH]1. The first-order valence-electron chi connectivity index (χ1n) is 6.76. The van der Waals surface area contributed by atoms with Crippen LogP contribution in [0.25, 0.3) is 10.8 Å². The highest BCUT2D eigenvalue weighted by molar-refractivity contribution is 5.83. The number of hydrogen-bond donors (Lipinski definition) is 2.